The van der Waals surface area contributed by atoms with Gasteiger partial charge in [-0.2, -0.15) is 0 Å². The fourth-order valence-corrected chi connectivity index (χ4v) is 2.90. The lowest BCUT2D eigenvalue weighted by Crippen LogP contribution is -2.04. The van der Waals surface area contributed by atoms with Crippen molar-refractivity contribution in [2.24, 2.45) is 0 Å². The highest BCUT2D eigenvalue weighted by atomic mass is 127. The van der Waals surface area contributed by atoms with Gasteiger partial charge in [-0.05, 0) is 46.9 Å². The molecule has 0 saturated heterocycles. The van der Waals surface area contributed by atoms with Crippen molar-refractivity contribution < 1.29 is 0 Å². The largest absolute Gasteiger partial charge is 0.280 e. The molecule has 0 atom stereocenters. The smallest absolute Gasteiger partial charge is 0.164 e. The molecule has 3 aromatic rings. The summed E-state index contributed by atoms with van der Waals surface area (Å²) in [5, 5.41) is 0. The molecule has 0 unspecified atom stereocenters. The van der Waals surface area contributed by atoms with E-state index in [-0.39, 0.29) is 0 Å². The Labute approximate surface area is 129 Å². The lowest BCUT2D eigenvalue weighted by Gasteiger charge is -2.09. The van der Waals surface area contributed by atoms with Gasteiger partial charge in [0.1, 0.15) is 11.3 Å². The van der Waals surface area contributed by atoms with Crippen LogP contribution in [-0.4, -0.2) is 20.4 Å². The first-order valence-electron chi connectivity index (χ1n) is 5.94. The third-order valence-corrected chi connectivity index (χ3v) is 4.00. The summed E-state index contributed by atoms with van der Waals surface area (Å²) in [7, 11) is 0. The molecule has 3 rings (SSSR count). The number of rotatable bonds is 3. The molecule has 19 heavy (non-hydrogen) atoms. The fraction of sp³-hybridized carbons (Fsp3) is 0.143. The minimum absolute atomic E-state index is 0.548. The Morgan fingerprint density at radius 3 is 2.79 bits per heavy atom. The van der Waals surface area contributed by atoms with Gasteiger partial charge in [-0.1, -0.05) is 12.1 Å². The SMILES string of the molecule is ClCCc1nc2cccnc2n1-c1ccccc1I. The number of benzene rings is 1. The highest BCUT2D eigenvalue weighted by Crippen LogP contribution is 2.24. The fourth-order valence-electron chi connectivity index (χ4n) is 2.10. The van der Waals surface area contributed by atoms with Crippen LogP contribution in [0.5, 0.6) is 0 Å². The van der Waals surface area contributed by atoms with E-state index in [1.54, 1.807) is 6.20 Å². The average Bonchev–Trinajstić information content (AvgIpc) is 2.78. The van der Waals surface area contributed by atoms with Gasteiger partial charge in [0.25, 0.3) is 0 Å². The number of halogens is 2. The van der Waals surface area contributed by atoms with E-state index in [1.807, 2.05) is 24.3 Å². The van der Waals surface area contributed by atoms with Crippen LogP contribution in [0.25, 0.3) is 16.9 Å². The van der Waals surface area contributed by atoms with Gasteiger partial charge >= 0.3 is 0 Å². The summed E-state index contributed by atoms with van der Waals surface area (Å²) in [6, 6.07) is 12.1. The van der Waals surface area contributed by atoms with Gasteiger partial charge in [-0.25, -0.2) is 9.97 Å². The predicted octanol–water partition coefficient (Wildman–Crippen LogP) is 3.81. The van der Waals surface area contributed by atoms with Crippen LogP contribution < -0.4 is 0 Å². The number of pyridine rings is 1. The number of para-hydroxylation sites is 1. The van der Waals surface area contributed by atoms with Crippen LogP contribution in [0.1, 0.15) is 5.82 Å². The molecule has 2 heterocycles. The number of aryl methyl sites for hydroxylation is 1. The van der Waals surface area contributed by atoms with Crippen molar-refractivity contribution in [1.82, 2.24) is 14.5 Å². The molecule has 0 N–H and O–H groups in total. The van der Waals surface area contributed by atoms with E-state index in [4.69, 9.17) is 11.6 Å². The number of imidazole rings is 1. The molecule has 0 bridgehead atoms. The molecule has 5 heteroatoms. The van der Waals surface area contributed by atoms with Gasteiger partial charge in [0, 0.05) is 22.1 Å². The van der Waals surface area contributed by atoms with Gasteiger partial charge in [0.05, 0.1) is 5.69 Å². The molecule has 0 spiro atoms. The van der Waals surface area contributed by atoms with E-state index in [0.29, 0.717) is 5.88 Å². The van der Waals surface area contributed by atoms with Crippen molar-refractivity contribution in [1.29, 1.82) is 0 Å². The lowest BCUT2D eigenvalue weighted by atomic mass is 10.3. The summed E-state index contributed by atoms with van der Waals surface area (Å²) < 4.78 is 3.26. The molecule has 0 radical (unpaired) electrons. The van der Waals surface area contributed by atoms with Crippen LogP contribution in [0.3, 0.4) is 0 Å². The van der Waals surface area contributed by atoms with Crippen molar-refractivity contribution in [3.8, 4) is 5.69 Å². The normalized spacial score (nSPS) is 11.1. The molecular formula is C14H11ClIN3. The van der Waals surface area contributed by atoms with E-state index >= 15 is 0 Å². The Morgan fingerprint density at radius 2 is 2.00 bits per heavy atom. The van der Waals surface area contributed by atoms with Gasteiger partial charge in [0.15, 0.2) is 5.65 Å². The molecule has 2 aromatic heterocycles. The lowest BCUT2D eigenvalue weighted by molar-refractivity contribution is 0.902. The van der Waals surface area contributed by atoms with Crippen molar-refractivity contribution in [2.75, 3.05) is 5.88 Å². The summed E-state index contributed by atoms with van der Waals surface area (Å²) in [4.78, 5) is 9.09. The first kappa shape index (κ1) is 12.9. The molecule has 0 fully saturated rings. The minimum atomic E-state index is 0.548. The third-order valence-electron chi connectivity index (χ3n) is 2.90. The zero-order valence-corrected chi connectivity index (χ0v) is 13.0. The minimum Gasteiger partial charge on any atom is -0.280 e. The average molecular weight is 384 g/mol. The second kappa shape index (κ2) is 5.46. The number of alkyl halides is 1. The van der Waals surface area contributed by atoms with Crippen LogP contribution in [0, 0.1) is 3.57 Å². The summed E-state index contributed by atoms with van der Waals surface area (Å²) in [6.07, 6.45) is 2.52. The summed E-state index contributed by atoms with van der Waals surface area (Å²) in [6.45, 7) is 0. The van der Waals surface area contributed by atoms with Gasteiger partial charge < -0.3 is 0 Å². The van der Waals surface area contributed by atoms with E-state index < -0.39 is 0 Å². The van der Waals surface area contributed by atoms with E-state index in [1.165, 1.54) is 3.57 Å². The number of hydrogen-bond acceptors (Lipinski definition) is 2. The second-order valence-electron chi connectivity index (χ2n) is 4.10. The summed E-state index contributed by atoms with van der Waals surface area (Å²) in [5.74, 6) is 1.50. The summed E-state index contributed by atoms with van der Waals surface area (Å²) >= 11 is 8.22. The van der Waals surface area contributed by atoms with Crippen LogP contribution in [0.4, 0.5) is 0 Å². The van der Waals surface area contributed by atoms with Crippen LogP contribution in [-0.2, 0) is 6.42 Å². The van der Waals surface area contributed by atoms with E-state index in [2.05, 4.69) is 49.3 Å². The molecule has 0 aliphatic rings. The van der Waals surface area contributed by atoms with Gasteiger partial charge in [-0.15, -0.1) is 11.6 Å². The van der Waals surface area contributed by atoms with Gasteiger partial charge in [-0.3, -0.25) is 4.57 Å². The Bertz CT molecular complexity index is 724. The number of fused-ring (bicyclic) bond motifs is 1. The topological polar surface area (TPSA) is 30.7 Å². The zero-order chi connectivity index (χ0) is 13.2. The predicted molar refractivity (Wildman–Crippen MR) is 86.0 cm³/mol. The zero-order valence-electron chi connectivity index (χ0n) is 10.1. The van der Waals surface area contributed by atoms with E-state index in [9.17, 15) is 0 Å². The van der Waals surface area contributed by atoms with Crippen molar-refractivity contribution in [3.05, 3.63) is 52.0 Å². The molecule has 1 aromatic carbocycles. The maximum Gasteiger partial charge on any atom is 0.164 e. The number of aromatic nitrogens is 3. The van der Waals surface area contributed by atoms with Gasteiger partial charge in [0.2, 0.25) is 0 Å². The summed E-state index contributed by atoms with van der Waals surface area (Å²) in [5.41, 5.74) is 2.89. The maximum atomic E-state index is 5.89. The standard InChI is InChI=1S/C14H11ClIN3/c15-8-7-13-18-11-5-3-9-17-14(11)19(13)12-6-2-1-4-10(12)16/h1-6,9H,7-8H2. The molecule has 0 saturated carbocycles. The molecule has 0 amide bonds. The Morgan fingerprint density at radius 1 is 1.16 bits per heavy atom. The third kappa shape index (κ3) is 2.34. The number of hydrogen-bond donors (Lipinski definition) is 0. The van der Waals surface area contributed by atoms with Crippen LogP contribution in [0.15, 0.2) is 42.6 Å². The van der Waals surface area contributed by atoms with Crippen LogP contribution in [0.2, 0.25) is 0 Å². The van der Waals surface area contributed by atoms with Crippen molar-refractivity contribution in [2.45, 2.75) is 6.42 Å². The molecular weight excluding hydrogens is 373 g/mol. The second-order valence-corrected chi connectivity index (χ2v) is 5.64. The first-order valence-corrected chi connectivity index (χ1v) is 7.56. The van der Waals surface area contributed by atoms with Crippen molar-refractivity contribution in [3.63, 3.8) is 0 Å². The molecule has 0 aliphatic carbocycles. The van der Waals surface area contributed by atoms with E-state index in [0.717, 1.165) is 29.1 Å². The Balaban J connectivity index is 2.31. The monoisotopic (exact) mass is 383 g/mol. The Kier molecular flexibility index (Phi) is 3.70. The molecule has 96 valence electrons. The maximum absolute atomic E-state index is 5.89. The first-order chi connectivity index (χ1) is 9.31. The Hall–Kier alpha value is -1.14. The van der Waals surface area contributed by atoms with Crippen molar-refractivity contribution >= 4 is 45.4 Å². The molecule has 0 aliphatic heterocycles. The highest BCUT2D eigenvalue weighted by Gasteiger charge is 2.14. The quantitative estimate of drug-likeness (QED) is 0.509. The highest BCUT2D eigenvalue weighted by molar-refractivity contribution is 14.1. The number of nitrogens with zero attached hydrogens (tertiary/aromatic N) is 3. The molecule has 3 nitrogen and oxygen atoms in total. The van der Waals surface area contributed by atoms with Crippen LogP contribution >= 0.6 is 34.2 Å².